The first-order valence-corrected chi connectivity index (χ1v) is 6.58. The van der Waals surface area contributed by atoms with Crippen LogP contribution in [0.1, 0.15) is 27.2 Å². The first-order chi connectivity index (χ1) is 8.08. The van der Waals surface area contributed by atoms with Crippen molar-refractivity contribution in [1.82, 2.24) is 5.32 Å². The molecule has 0 fully saturated rings. The van der Waals surface area contributed by atoms with Crippen LogP contribution in [0.5, 0.6) is 5.75 Å². The van der Waals surface area contributed by atoms with Gasteiger partial charge in [0.2, 0.25) is 0 Å². The smallest absolute Gasteiger partial charge is 0.121 e. The Morgan fingerprint density at radius 3 is 2.71 bits per heavy atom. The number of hydrogen-bond acceptors (Lipinski definition) is 2. The number of hydrogen-bond donors (Lipinski definition) is 1. The van der Waals surface area contributed by atoms with Gasteiger partial charge >= 0.3 is 0 Å². The minimum Gasteiger partial charge on any atom is -0.489 e. The van der Waals surface area contributed by atoms with E-state index in [0.717, 1.165) is 24.8 Å². The molecule has 1 N–H and O–H groups in total. The Labute approximate surface area is 109 Å². The number of nitrogens with one attached hydrogen (secondary N) is 1. The van der Waals surface area contributed by atoms with Crippen molar-refractivity contribution in [2.24, 2.45) is 5.92 Å². The molecule has 0 aliphatic carbocycles. The summed E-state index contributed by atoms with van der Waals surface area (Å²) in [6, 6.07) is 7.51. The maximum Gasteiger partial charge on any atom is 0.121 e. The summed E-state index contributed by atoms with van der Waals surface area (Å²) in [5.41, 5.74) is 0. The second-order valence-electron chi connectivity index (χ2n) is 4.77. The van der Waals surface area contributed by atoms with Crippen LogP contribution < -0.4 is 10.1 Å². The van der Waals surface area contributed by atoms with Crippen LogP contribution in [0.15, 0.2) is 24.3 Å². The highest BCUT2D eigenvalue weighted by Gasteiger charge is 2.04. The van der Waals surface area contributed by atoms with Gasteiger partial charge in [0.1, 0.15) is 11.9 Å². The Morgan fingerprint density at radius 2 is 2.06 bits per heavy atom. The fraction of sp³-hybridized carbons (Fsp3) is 0.571. The molecule has 17 heavy (non-hydrogen) atoms. The van der Waals surface area contributed by atoms with Gasteiger partial charge in [0.05, 0.1) is 0 Å². The highest BCUT2D eigenvalue weighted by atomic mass is 35.5. The van der Waals surface area contributed by atoms with Crippen LogP contribution in [0, 0.1) is 5.92 Å². The van der Waals surface area contributed by atoms with Crippen molar-refractivity contribution in [3.8, 4) is 5.75 Å². The number of rotatable bonds is 7. The first kappa shape index (κ1) is 14.3. The quantitative estimate of drug-likeness (QED) is 0.750. The highest BCUT2D eigenvalue weighted by molar-refractivity contribution is 6.30. The lowest BCUT2D eigenvalue weighted by Crippen LogP contribution is -2.30. The van der Waals surface area contributed by atoms with E-state index in [1.807, 2.05) is 24.3 Å². The molecule has 1 unspecified atom stereocenters. The standard InChI is InChI=1S/C14H22ClNO/c1-11(2)7-8-16-10-12(3)17-14-6-4-5-13(15)9-14/h4-6,9,11-12,16H,7-8,10H2,1-3H3. The predicted molar refractivity (Wildman–Crippen MR) is 73.9 cm³/mol. The van der Waals surface area contributed by atoms with Gasteiger partial charge in [-0.05, 0) is 44.0 Å². The molecule has 0 amide bonds. The van der Waals surface area contributed by atoms with Crippen molar-refractivity contribution in [2.45, 2.75) is 33.3 Å². The van der Waals surface area contributed by atoms with E-state index in [2.05, 4.69) is 26.1 Å². The van der Waals surface area contributed by atoms with E-state index in [-0.39, 0.29) is 6.10 Å². The lowest BCUT2D eigenvalue weighted by molar-refractivity contribution is 0.216. The molecule has 0 aromatic heterocycles. The van der Waals surface area contributed by atoms with Crippen LogP contribution in [0.2, 0.25) is 5.02 Å². The third-order valence-electron chi connectivity index (χ3n) is 2.46. The molecule has 0 aliphatic heterocycles. The van der Waals surface area contributed by atoms with E-state index in [0.29, 0.717) is 5.02 Å². The Kier molecular flexibility index (Phi) is 6.38. The van der Waals surface area contributed by atoms with Gasteiger partial charge in [-0.1, -0.05) is 31.5 Å². The van der Waals surface area contributed by atoms with Gasteiger partial charge in [-0.3, -0.25) is 0 Å². The third kappa shape index (κ3) is 6.54. The number of ether oxygens (including phenoxy) is 1. The van der Waals surface area contributed by atoms with Crippen molar-refractivity contribution in [3.63, 3.8) is 0 Å². The summed E-state index contributed by atoms with van der Waals surface area (Å²) in [7, 11) is 0. The fourth-order valence-corrected chi connectivity index (χ4v) is 1.69. The average Bonchev–Trinajstić information content (AvgIpc) is 2.24. The molecule has 96 valence electrons. The Bertz CT molecular complexity index is 328. The van der Waals surface area contributed by atoms with Gasteiger partial charge in [0, 0.05) is 11.6 Å². The Hall–Kier alpha value is -0.730. The average molecular weight is 256 g/mol. The molecule has 0 bridgehead atoms. The molecular weight excluding hydrogens is 234 g/mol. The van der Waals surface area contributed by atoms with Crippen molar-refractivity contribution < 1.29 is 4.74 Å². The van der Waals surface area contributed by atoms with Crippen LogP contribution in [-0.4, -0.2) is 19.2 Å². The van der Waals surface area contributed by atoms with Crippen LogP contribution in [0.3, 0.4) is 0 Å². The molecule has 0 saturated carbocycles. The lowest BCUT2D eigenvalue weighted by Gasteiger charge is -2.16. The fourth-order valence-electron chi connectivity index (χ4n) is 1.51. The number of benzene rings is 1. The van der Waals surface area contributed by atoms with Gasteiger partial charge in [-0.2, -0.15) is 0 Å². The van der Waals surface area contributed by atoms with Crippen LogP contribution in [0.4, 0.5) is 0 Å². The van der Waals surface area contributed by atoms with Crippen molar-refractivity contribution in [1.29, 1.82) is 0 Å². The third-order valence-corrected chi connectivity index (χ3v) is 2.70. The normalized spacial score (nSPS) is 12.8. The van der Waals surface area contributed by atoms with Crippen molar-refractivity contribution in [3.05, 3.63) is 29.3 Å². The minimum atomic E-state index is 0.153. The summed E-state index contributed by atoms with van der Waals surface area (Å²) < 4.78 is 5.76. The molecule has 0 saturated heterocycles. The monoisotopic (exact) mass is 255 g/mol. The Balaban J connectivity index is 2.23. The van der Waals surface area contributed by atoms with Gasteiger partial charge in [-0.15, -0.1) is 0 Å². The maximum atomic E-state index is 5.89. The second-order valence-corrected chi connectivity index (χ2v) is 5.21. The van der Waals surface area contributed by atoms with E-state index in [4.69, 9.17) is 16.3 Å². The zero-order valence-electron chi connectivity index (χ0n) is 10.9. The lowest BCUT2D eigenvalue weighted by atomic mass is 10.1. The summed E-state index contributed by atoms with van der Waals surface area (Å²) in [5.74, 6) is 1.57. The molecule has 0 heterocycles. The van der Waals surface area contributed by atoms with Gasteiger partial charge in [0.25, 0.3) is 0 Å². The minimum absolute atomic E-state index is 0.153. The van der Waals surface area contributed by atoms with Gasteiger partial charge in [-0.25, -0.2) is 0 Å². The maximum absolute atomic E-state index is 5.89. The summed E-state index contributed by atoms with van der Waals surface area (Å²) in [4.78, 5) is 0. The summed E-state index contributed by atoms with van der Waals surface area (Å²) in [5, 5.41) is 4.10. The predicted octanol–water partition coefficient (Wildman–Crippen LogP) is 3.74. The van der Waals surface area contributed by atoms with Crippen LogP contribution in [-0.2, 0) is 0 Å². The molecule has 1 rings (SSSR count). The molecule has 3 heteroatoms. The summed E-state index contributed by atoms with van der Waals surface area (Å²) in [6.45, 7) is 8.42. The Morgan fingerprint density at radius 1 is 1.29 bits per heavy atom. The molecule has 1 atom stereocenters. The summed E-state index contributed by atoms with van der Waals surface area (Å²) >= 11 is 5.89. The van der Waals surface area contributed by atoms with E-state index in [9.17, 15) is 0 Å². The van der Waals surface area contributed by atoms with E-state index in [1.165, 1.54) is 6.42 Å². The topological polar surface area (TPSA) is 21.3 Å². The molecule has 0 spiro atoms. The zero-order valence-corrected chi connectivity index (χ0v) is 11.6. The van der Waals surface area contributed by atoms with Gasteiger partial charge in [0.15, 0.2) is 0 Å². The molecular formula is C14H22ClNO. The van der Waals surface area contributed by atoms with Crippen LogP contribution in [0.25, 0.3) is 0 Å². The SMILES string of the molecule is CC(C)CCNCC(C)Oc1cccc(Cl)c1. The second kappa shape index (κ2) is 7.57. The van der Waals surface area contributed by atoms with Crippen LogP contribution >= 0.6 is 11.6 Å². The summed E-state index contributed by atoms with van der Waals surface area (Å²) in [6.07, 6.45) is 1.35. The highest BCUT2D eigenvalue weighted by Crippen LogP contribution is 2.18. The van der Waals surface area contributed by atoms with E-state index >= 15 is 0 Å². The molecule has 0 aliphatic rings. The van der Waals surface area contributed by atoms with Crippen molar-refractivity contribution in [2.75, 3.05) is 13.1 Å². The molecule has 1 aromatic carbocycles. The largest absolute Gasteiger partial charge is 0.489 e. The molecule has 2 nitrogen and oxygen atoms in total. The number of halogens is 1. The van der Waals surface area contributed by atoms with E-state index < -0.39 is 0 Å². The van der Waals surface area contributed by atoms with Gasteiger partial charge < -0.3 is 10.1 Å². The van der Waals surface area contributed by atoms with E-state index in [1.54, 1.807) is 0 Å². The molecule has 1 aromatic rings. The zero-order chi connectivity index (χ0) is 12.7. The first-order valence-electron chi connectivity index (χ1n) is 6.21. The van der Waals surface area contributed by atoms with Crippen molar-refractivity contribution >= 4 is 11.6 Å². The molecule has 0 radical (unpaired) electrons.